The summed E-state index contributed by atoms with van der Waals surface area (Å²) in [6, 6.07) is 9.96. The molecule has 0 aliphatic rings. The van der Waals surface area contributed by atoms with Crippen LogP contribution < -0.4 is 19.5 Å². The first-order chi connectivity index (χ1) is 14.1. The average Bonchev–Trinajstić information content (AvgIpc) is 3.43. The lowest BCUT2D eigenvalue weighted by molar-refractivity contribution is -0.116. The van der Waals surface area contributed by atoms with Crippen molar-refractivity contribution in [2.24, 2.45) is 0 Å². The number of hydrogen-bond donors (Lipinski definition) is 1. The number of carbonyl (C=O) groups is 1. The summed E-state index contributed by atoms with van der Waals surface area (Å²) in [6.07, 6.45) is 4.03. The summed E-state index contributed by atoms with van der Waals surface area (Å²) in [5, 5.41) is 7.14. The van der Waals surface area contributed by atoms with Crippen molar-refractivity contribution in [2.75, 3.05) is 27.9 Å². The Balaban J connectivity index is 1.55. The van der Waals surface area contributed by atoms with E-state index in [1.54, 1.807) is 62.2 Å². The third kappa shape index (κ3) is 5.40. The van der Waals surface area contributed by atoms with Crippen molar-refractivity contribution in [2.45, 2.75) is 6.42 Å². The maximum absolute atomic E-state index is 12.2. The Kier molecular flexibility index (Phi) is 7.32. The number of carbonyl (C=O) groups excluding carboxylic acids is 1. The molecule has 152 valence electrons. The van der Waals surface area contributed by atoms with Crippen LogP contribution in [-0.4, -0.2) is 33.8 Å². The Hall–Kier alpha value is -2.77. The zero-order chi connectivity index (χ0) is 20.6. The predicted molar refractivity (Wildman–Crippen MR) is 119 cm³/mol. The number of methoxy groups -OCH3 is 3. The smallest absolute Gasteiger partial charge is 0.244 e. The molecule has 5 nitrogen and oxygen atoms in total. The SMILES string of the molecule is COc1cc(/C=C/C(=O)NCCc2ccc(-c3ccsc3)s2)cc(OC)c1OC. The molecule has 1 amide bonds. The van der Waals surface area contributed by atoms with Crippen LogP contribution in [-0.2, 0) is 11.2 Å². The lowest BCUT2D eigenvalue weighted by atomic mass is 10.1. The van der Waals surface area contributed by atoms with E-state index in [1.165, 1.54) is 21.4 Å². The molecule has 3 rings (SSSR count). The first-order valence-corrected chi connectivity index (χ1v) is 10.8. The van der Waals surface area contributed by atoms with Crippen molar-refractivity contribution in [1.29, 1.82) is 0 Å². The third-order valence-electron chi connectivity index (χ3n) is 4.25. The van der Waals surface area contributed by atoms with E-state index in [1.807, 2.05) is 0 Å². The molecule has 2 aromatic heterocycles. The van der Waals surface area contributed by atoms with Gasteiger partial charge in [0.2, 0.25) is 11.7 Å². The van der Waals surface area contributed by atoms with Gasteiger partial charge in [-0.2, -0.15) is 11.3 Å². The normalized spacial score (nSPS) is 10.9. The number of thiophene rings is 2. The van der Waals surface area contributed by atoms with Gasteiger partial charge in [-0.05, 0) is 59.2 Å². The van der Waals surface area contributed by atoms with Crippen LogP contribution in [0.2, 0.25) is 0 Å². The van der Waals surface area contributed by atoms with Crippen molar-refractivity contribution in [3.8, 4) is 27.7 Å². The highest BCUT2D eigenvalue weighted by Crippen LogP contribution is 2.38. The van der Waals surface area contributed by atoms with Gasteiger partial charge in [0.05, 0.1) is 21.3 Å². The van der Waals surface area contributed by atoms with Crippen molar-refractivity contribution in [3.63, 3.8) is 0 Å². The van der Waals surface area contributed by atoms with Gasteiger partial charge >= 0.3 is 0 Å². The van der Waals surface area contributed by atoms with Gasteiger partial charge in [-0.15, -0.1) is 11.3 Å². The van der Waals surface area contributed by atoms with Crippen molar-refractivity contribution >= 4 is 34.7 Å². The van der Waals surface area contributed by atoms with Gasteiger partial charge in [0, 0.05) is 27.9 Å². The summed E-state index contributed by atoms with van der Waals surface area (Å²) in [6.45, 7) is 0.585. The number of nitrogens with one attached hydrogen (secondary N) is 1. The molecule has 0 unspecified atom stereocenters. The zero-order valence-corrected chi connectivity index (χ0v) is 18.2. The first-order valence-electron chi connectivity index (χ1n) is 9.01. The molecule has 0 fully saturated rings. The van der Waals surface area contributed by atoms with Crippen molar-refractivity contribution < 1.29 is 19.0 Å². The summed E-state index contributed by atoms with van der Waals surface area (Å²) in [4.78, 5) is 14.7. The minimum atomic E-state index is -0.145. The Morgan fingerprint density at radius 2 is 1.83 bits per heavy atom. The summed E-state index contributed by atoms with van der Waals surface area (Å²) in [7, 11) is 4.68. The van der Waals surface area contributed by atoms with E-state index in [-0.39, 0.29) is 5.91 Å². The molecule has 7 heteroatoms. The second-order valence-electron chi connectivity index (χ2n) is 6.11. The molecule has 0 radical (unpaired) electrons. The molecule has 0 saturated heterocycles. The van der Waals surface area contributed by atoms with Crippen molar-refractivity contribution in [1.82, 2.24) is 5.32 Å². The predicted octanol–water partition coefficient (Wildman–Crippen LogP) is 4.87. The van der Waals surface area contributed by atoms with Gasteiger partial charge in [0.1, 0.15) is 0 Å². The molecule has 0 bridgehead atoms. The van der Waals surface area contributed by atoms with Gasteiger partial charge in [-0.3, -0.25) is 4.79 Å². The molecule has 1 N–H and O–H groups in total. The monoisotopic (exact) mass is 429 g/mol. The summed E-state index contributed by atoms with van der Waals surface area (Å²) in [5.74, 6) is 1.47. The number of benzene rings is 1. The Morgan fingerprint density at radius 3 is 2.45 bits per heavy atom. The highest BCUT2D eigenvalue weighted by molar-refractivity contribution is 7.16. The third-order valence-corrected chi connectivity index (χ3v) is 6.13. The fraction of sp³-hybridized carbons (Fsp3) is 0.227. The molecule has 2 heterocycles. The molecule has 3 aromatic rings. The van der Waals surface area contributed by atoms with E-state index in [2.05, 4.69) is 34.3 Å². The fourth-order valence-corrected chi connectivity index (χ4v) is 4.54. The number of ether oxygens (including phenoxy) is 3. The van der Waals surface area contributed by atoms with E-state index in [4.69, 9.17) is 14.2 Å². The number of rotatable bonds is 9. The topological polar surface area (TPSA) is 56.8 Å². The van der Waals surface area contributed by atoms with E-state index < -0.39 is 0 Å². The van der Waals surface area contributed by atoms with Crippen LogP contribution in [0.1, 0.15) is 10.4 Å². The number of amides is 1. The lowest BCUT2D eigenvalue weighted by Gasteiger charge is -2.12. The maximum Gasteiger partial charge on any atom is 0.244 e. The minimum Gasteiger partial charge on any atom is -0.493 e. The van der Waals surface area contributed by atoms with E-state index in [0.29, 0.717) is 23.8 Å². The molecule has 29 heavy (non-hydrogen) atoms. The van der Waals surface area contributed by atoms with Gasteiger partial charge in [-0.1, -0.05) is 0 Å². The molecular weight excluding hydrogens is 406 g/mol. The molecular formula is C22H23NO4S2. The van der Waals surface area contributed by atoms with E-state index in [0.717, 1.165) is 12.0 Å². The fourth-order valence-electron chi connectivity index (χ4n) is 2.81. The second-order valence-corrected chi connectivity index (χ2v) is 8.06. The Labute approximate surface area is 178 Å². The van der Waals surface area contributed by atoms with Gasteiger partial charge in [-0.25, -0.2) is 0 Å². The van der Waals surface area contributed by atoms with Gasteiger partial charge in [0.25, 0.3) is 0 Å². The standard InChI is InChI=1S/C22H23NO4S2/c1-25-18-12-15(13-19(26-2)22(18)27-3)4-7-21(24)23-10-8-17-5-6-20(29-17)16-9-11-28-14-16/h4-7,9,11-14H,8,10H2,1-3H3,(H,23,24)/b7-4+. The summed E-state index contributed by atoms with van der Waals surface area (Å²) < 4.78 is 16.0. The first kappa shape index (κ1) is 21.0. The summed E-state index contributed by atoms with van der Waals surface area (Å²) in [5.41, 5.74) is 2.04. The van der Waals surface area contributed by atoms with E-state index in [9.17, 15) is 4.79 Å². The zero-order valence-electron chi connectivity index (χ0n) is 16.6. The van der Waals surface area contributed by atoms with Crippen LogP contribution in [0.15, 0.2) is 47.2 Å². The lowest BCUT2D eigenvalue weighted by Crippen LogP contribution is -2.23. The van der Waals surface area contributed by atoms with Crippen LogP contribution >= 0.6 is 22.7 Å². The quantitative estimate of drug-likeness (QED) is 0.493. The highest BCUT2D eigenvalue weighted by Gasteiger charge is 2.12. The highest BCUT2D eigenvalue weighted by atomic mass is 32.1. The van der Waals surface area contributed by atoms with Gasteiger partial charge < -0.3 is 19.5 Å². The van der Waals surface area contributed by atoms with E-state index >= 15 is 0 Å². The van der Waals surface area contributed by atoms with Crippen LogP contribution in [0.3, 0.4) is 0 Å². The molecule has 0 saturated carbocycles. The molecule has 0 aliphatic carbocycles. The molecule has 0 spiro atoms. The largest absolute Gasteiger partial charge is 0.493 e. The Bertz CT molecular complexity index is 952. The Morgan fingerprint density at radius 1 is 1.07 bits per heavy atom. The molecule has 1 aromatic carbocycles. The van der Waals surface area contributed by atoms with Crippen molar-refractivity contribution in [3.05, 3.63) is 57.6 Å². The maximum atomic E-state index is 12.2. The summed E-state index contributed by atoms with van der Waals surface area (Å²) >= 11 is 3.46. The molecule has 0 aliphatic heterocycles. The number of hydrogen-bond acceptors (Lipinski definition) is 6. The van der Waals surface area contributed by atoms with Gasteiger partial charge in [0.15, 0.2) is 11.5 Å². The van der Waals surface area contributed by atoms with Crippen LogP contribution in [0.5, 0.6) is 17.2 Å². The van der Waals surface area contributed by atoms with Crippen LogP contribution in [0, 0.1) is 0 Å². The van der Waals surface area contributed by atoms with Crippen LogP contribution in [0.25, 0.3) is 16.5 Å². The molecule has 0 atom stereocenters. The minimum absolute atomic E-state index is 0.145. The second kappa shape index (κ2) is 10.1. The average molecular weight is 430 g/mol. The van der Waals surface area contributed by atoms with Crippen LogP contribution in [0.4, 0.5) is 0 Å².